The van der Waals surface area contributed by atoms with Gasteiger partial charge in [-0.25, -0.2) is 14.2 Å². The summed E-state index contributed by atoms with van der Waals surface area (Å²) in [7, 11) is 2.69. The Kier molecular flexibility index (Phi) is 3.24. The van der Waals surface area contributed by atoms with Gasteiger partial charge in [-0.3, -0.25) is 23.3 Å². The van der Waals surface area contributed by atoms with E-state index < -0.39 is 22.6 Å². The molecule has 0 radical (unpaired) electrons. The maximum Gasteiger partial charge on any atom is 0.332 e. The van der Waals surface area contributed by atoms with Crippen LogP contribution in [0.5, 0.6) is 0 Å². The molecule has 8 heteroatoms. The van der Waals surface area contributed by atoms with E-state index in [4.69, 9.17) is 0 Å². The number of hydrogen-bond acceptors (Lipinski definition) is 4. The van der Waals surface area contributed by atoms with Gasteiger partial charge >= 0.3 is 5.69 Å². The van der Waals surface area contributed by atoms with Gasteiger partial charge in [-0.05, 0) is 19.1 Å². The van der Waals surface area contributed by atoms with E-state index >= 15 is 0 Å². The average Bonchev–Trinajstić information content (AvgIpc) is 2.52. The largest absolute Gasteiger partial charge is 0.332 e. The Morgan fingerprint density at radius 3 is 2.30 bits per heavy atom. The summed E-state index contributed by atoms with van der Waals surface area (Å²) < 4.78 is 17.0. The van der Waals surface area contributed by atoms with Crippen LogP contribution in [0.1, 0.15) is 5.82 Å². The van der Waals surface area contributed by atoms with Gasteiger partial charge in [-0.2, -0.15) is 0 Å². The van der Waals surface area contributed by atoms with Crippen LogP contribution < -0.4 is 16.8 Å². The first-order chi connectivity index (χ1) is 10.8. The van der Waals surface area contributed by atoms with Crippen LogP contribution >= 0.6 is 0 Å². The van der Waals surface area contributed by atoms with Crippen molar-refractivity contribution >= 4 is 11.0 Å². The van der Waals surface area contributed by atoms with Crippen LogP contribution in [0.25, 0.3) is 16.7 Å². The fraction of sp³-hybridized carbons (Fsp3) is 0.200. The summed E-state index contributed by atoms with van der Waals surface area (Å²) in [6.45, 7) is 1.51. The van der Waals surface area contributed by atoms with Gasteiger partial charge < -0.3 is 0 Å². The highest BCUT2D eigenvalue weighted by molar-refractivity contribution is 5.73. The van der Waals surface area contributed by atoms with Crippen molar-refractivity contribution in [3.8, 4) is 5.69 Å². The third-order valence-electron chi connectivity index (χ3n) is 3.74. The number of aromatic nitrogens is 4. The zero-order chi connectivity index (χ0) is 16.9. The highest BCUT2D eigenvalue weighted by Gasteiger charge is 2.18. The number of rotatable bonds is 1. The topological polar surface area (TPSA) is 78.9 Å². The van der Waals surface area contributed by atoms with E-state index in [-0.39, 0.29) is 22.5 Å². The van der Waals surface area contributed by atoms with Crippen molar-refractivity contribution in [2.45, 2.75) is 6.92 Å². The highest BCUT2D eigenvalue weighted by atomic mass is 19.1. The predicted molar refractivity (Wildman–Crippen MR) is 82.5 cm³/mol. The summed E-state index contributed by atoms with van der Waals surface area (Å²) >= 11 is 0. The highest BCUT2D eigenvalue weighted by Crippen LogP contribution is 2.13. The molecule has 0 spiro atoms. The lowest BCUT2D eigenvalue weighted by atomic mass is 10.2. The maximum absolute atomic E-state index is 14.0. The number of hydrogen-bond donors (Lipinski definition) is 0. The Balaban J connectivity index is 2.59. The van der Waals surface area contributed by atoms with Crippen molar-refractivity contribution in [2.24, 2.45) is 14.1 Å². The molecule has 3 rings (SSSR count). The summed E-state index contributed by atoms with van der Waals surface area (Å²) in [5.74, 6) is -0.434. The molecule has 0 atom stereocenters. The second-order valence-corrected chi connectivity index (χ2v) is 5.16. The van der Waals surface area contributed by atoms with Crippen LogP contribution in [-0.4, -0.2) is 18.7 Å². The first-order valence-electron chi connectivity index (χ1n) is 6.79. The van der Waals surface area contributed by atoms with Gasteiger partial charge in [0.2, 0.25) is 0 Å². The Morgan fingerprint density at radius 2 is 1.65 bits per heavy atom. The minimum Gasteiger partial charge on any atom is -0.280 e. The van der Waals surface area contributed by atoms with E-state index in [1.807, 2.05) is 0 Å². The summed E-state index contributed by atoms with van der Waals surface area (Å²) in [5.41, 5.74) is -2.08. The average molecular weight is 316 g/mol. The third kappa shape index (κ3) is 2.02. The molecule has 0 aliphatic heterocycles. The number of nitrogens with zero attached hydrogens (tertiary/aromatic N) is 4. The standard InChI is InChI=1S/C15H13FN4O3/c1-8-17-12-11(13(21)19(3)15(23)18(12)2)14(22)20(8)10-7-5-4-6-9(10)16/h4-7H,1-3H3. The second-order valence-electron chi connectivity index (χ2n) is 5.16. The molecule has 1 aromatic carbocycles. The quantitative estimate of drug-likeness (QED) is 0.644. The lowest BCUT2D eigenvalue weighted by Gasteiger charge is -2.13. The van der Waals surface area contributed by atoms with Gasteiger partial charge in [0.15, 0.2) is 5.65 Å². The minimum atomic E-state index is -0.759. The van der Waals surface area contributed by atoms with Crippen molar-refractivity contribution in [3.05, 3.63) is 67.1 Å². The Morgan fingerprint density at radius 1 is 1.00 bits per heavy atom. The predicted octanol–water partition coefficient (Wildman–Crippen LogP) is 0.231. The third-order valence-corrected chi connectivity index (χ3v) is 3.74. The normalized spacial score (nSPS) is 11.1. The van der Waals surface area contributed by atoms with Gasteiger partial charge in [0, 0.05) is 14.1 Å². The van der Waals surface area contributed by atoms with Crippen LogP contribution in [-0.2, 0) is 14.1 Å². The molecule has 23 heavy (non-hydrogen) atoms. The van der Waals surface area contributed by atoms with E-state index in [0.717, 1.165) is 13.7 Å². The molecule has 118 valence electrons. The van der Waals surface area contributed by atoms with E-state index in [1.165, 1.54) is 39.2 Å². The van der Waals surface area contributed by atoms with Gasteiger partial charge in [0.25, 0.3) is 11.1 Å². The zero-order valence-corrected chi connectivity index (χ0v) is 12.7. The zero-order valence-electron chi connectivity index (χ0n) is 12.7. The fourth-order valence-electron chi connectivity index (χ4n) is 2.53. The second kappa shape index (κ2) is 5.01. The number of halogens is 1. The van der Waals surface area contributed by atoms with Crippen molar-refractivity contribution in [1.29, 1.82) is 0 Å². The SMILES string of the molecule is Cc1nc2c(c(=O)n1-c1ccccc1F)c(=O)n(C)c(=O)n2C. The Labute approximate surface area is 128 Å². The van der Waals surface area contributed by atoms with Crippen LogP contribution in [0.2, 0.25) is 0 Å². The maximum atomic E-state index is 14.0. The molecule has 0 fully saturated rings. The first kappa shape index (κ1) is 14.9. The van der Waals surface area contributed by atoms with Crippen molar-refractivity contribution in [2.75, 3.05) is 0 Å². The van der Waals surface area contributed by atoms with Gasteiger partial charge in [-0.15, -0.1) is 0 Å². The molecule has 3 aromatic rings. The van der Waals surface area contributed by atoms with E-state index in [0.29, 0.717) is 0 Å². The van der Waals surface area contributed by atoms with Crippen LogP contribution in [0.4, 0.5) is 4.39 Å². The molecular formula is C15H13FN4O3. The van der Waals surface area contributed by atoms with Gasteiger partial charge in [-0.1, -0.05) is 12.1 Å². The monoisotopic (exact) mass is 316 g/mol. The first-order valence-corrected chi connectivity index (χ1v) is 6.79. The molecule has 0 unspecified atom stereocenters. The molecule has 0 N–H and O–H groups in total. The van der Waals surface area contributed by atoms with Crippen LogP contribution in [0.3, 0.4) is 0 Å². The van der Waals surface area contributed by atoms with Crippen molar-refractivity contribution < 1.29 is 4.39 Å². The molecule has 0 aliphatic rings. The van der Waals surface area contributed by atoms with Crippen molar-refractivity contribution in [1.82, 2.24) is 18.7 Å². The van der Waals surface area contributed by atoms with Crippen LogP contribution in [0, 0.1) is 12.7 Å². The molecule has 2 aromatic heterocycles. The molecule has 0 saturated carbocycles. The van der Waals surface area contributed by atoms with E-state index in [9.17, 15) is 18.8 Å². The minimum absolute atomic E-state index is 0.000283. The molecular weight excluding hydrogens is 303 g/mol. The molecule has 0 aliphatic carbocycles. The fourth-order valence-corrected chi connectivity index (χ4v) is 2.53. The van der Waals surface area contributed by atoms with Gasteiger partial charge in [0.05, 0.1) is 5.69 Å². The summed E-state index contributed by atoms with van der Waals surface area (Å²) in [6, 6.07) is 5.71. The van der Waals surface area contributed by atoms with E-state index in [2.05, 4.69) is 4.98 Å². The number of para-hydroxylation sites is 1. The van der Waals surface area contributed by atoms with Crippen molar-refractivity contribution in [3.63, 3.8) is 0 Å². The summed E-state index contributed by atoms with van der Waals surface area (Å²) in [5, 5.41) is -0.261. The molecule has 0 amide bonds. The van der Waals surface area contributed by atoms with E-state index in [1.54, 1.807) is 6.07 Å². The Bertz CT molecular complexity index is 1120. The summed E-state index contributed by atoms with van der Waals surface area (Å²) in [4.78, 5) is 41.2. The number of aryl methyl sites for hydroxylation is 2. The molecule has 0 saturated heterocycles. The molecule has 0 bridgehead atoms. The summed E-state index contributed by atoms with van der Waals surface area (Å²) in [6.07, 6.45) is 0. The Hall–Kier alpha value is -3.03. The number of fused-ring (bicyclic) bond motifs is 1. The lowest BCUT2D eigenvalue weighted by molar-refractivity contribution is 0.612. The smallest absolute Gasteiger partial charge is 0.280 e. The van der Waals surface area contributed by atoms with Crippen LogP contribution in [0.15, 0.2) is 38.6 Å². The molecule has 2 heterocycles. The number of benzene rings is 1. The van der Waals surface area contributed by atoms with Gasteiger partial charge in [0.1, 0.15) is 17.0 Å². The lowest BCUT2D eigenvalue weighted by Crippen LogP contribution is -2.41. The molecule has 7 nitrogen and oxygen atoms in total.